The van der Waals surface area contributed by atoms with Gasteiger partial charge in [0, 0.05) is 18.8 Å². The summed E-state index contributed by atoms with van der Waals surface area (Å²) >= 11 is 0. The molecule has 140 valence electrons. The largest absolute Gasteiger partial charge is 0.372 e. The predicted molar refractivity (Wildman–Crippen MR) is 117 cm³/mol. The standard InChI is InChI=1S/C26H31N/c1-4-14-24(15-5-1)18-10-12-22-27(26-20-8-3-9-21-26)23-13-11-19-25-16-6-2-7-17-25/h1-9,14-17,20-21H,10-13,18-19,22-23H2. The number of hydrogen-bond acceptors (Lipinski definition) is 1. The highest BCUT2D eigenvalue weighted by molar-refractivity contribution is 5.45. The third-order valence-corrected chi connectivity index (χ3v) is 5.09. The van der Waals surface area contributed by atoms with Crippen molar-refractivity contribution in [2.45, 2.75) is 38.5 Å². The molecule has 0 aliphatic rings. The summed E-state index contributed by atoms with van der Waals surface area (Å²) in [7, 11) is 0. The molecule has 0 N–H and O–H groups in total. The second kappa shape index (κ2) is 11.2. The maximum absolute atomic E-state index is 2.57. The smallest absolute Gasteiger partial charge is 0.0366 e. The lowest BCUT2D eigenvalue weighted by Crippen LogP contribution is -2.25. The van der Waals surface area contributed by atoms with Crippen molar-refractivity contribution >= 4 is 5.69 Å². The molecule has 0 amide bonds. The Balaban J connectivity index is 1.44. The van der Waals surface area contributed by atoms with Crippen molar-refractivity contribution in [3.05, 3.63) is 102 Å². The molecule has 0 aliphatic heterocycles. The van der Waals surface area contributed by atoms with E-state index in [1.165, 1.54) is 55.3 Å². The van der Waals surface area contributed by atoms with Crippen molar-refractivity contribution in [1.82, 2.24) is 0 Å². The van der Waals surface area contributed by atoms with Crippen LogP contribution in [-0.2, 0) is 12.8 Å². The minimum Gasteiger partial charge on any atom is -0.372 e. The first-order valence-electron chi connectivity index (χ1n) is 10.3. The van der Waals surface area contributed by atoms with Crippen molar-refractivity contribution in [2.24, 2.45) is 0 Å². The Morgan fingerprint density at radius 3 is 1.30 bits per heavy atom. The first kappa shape index (κ1) is 19.2. The number of anilines is 1. The topological polar surface area (TPSA) is 3.24 Å². The number of unbranched alkanes of at least 4 members (excludes halogenated alkanes) is 2. The Labute approximate surface area is 164 Å². The van der Waals surface area contributed by atoms with E-state index in [1.54, 1.807) is 0 Å². The second-order valence-electron chi connectivity index (χ2n) is 7.21. The van der Waals surface area contributed by atoms with E-state index in [4.69, 9.17) is 0 Å². The minimum atomic E-state index is 1.14. The van der Waals surface area contributed by atoms with Crippen LogP contribution >= 0.6 is 0 Å². The van der Waals surface area contributed by atoms with Gasteiger partial charge in [-0.3, -0.25) is 0 Å². The monoisotopic (exact) mass is 357 g/mol. The molecule has 0 fully saturated rings. The van der Waals surface area contributed by atoms with Crippen molar-refractivity contribution in [2.75, 3.05) is 18.0 Å². The molecule has 3 aromatic rings. The molecule has 0 saturated carbocycles. The van der Waals surface area contributed by atoms with Gasteiger partial charge in [-0.2, -0.15) is 0 Å². The highest BCUT2D eigenvalue weighted by atomic mass is 15.1. The van der Waals surface area contributed by atoms with Gasteiger partial charge in [0.05, 0.1) is 0 Å². The molecule has 1 heteroatoms. The van der Waals surface area contributed by atoms with Gasteiger partial charge in [0.2, 0.25) is 0 Å². The van der Waals surface area contributed by atoms with Gasteiger partial charge in [0.25, 0.3) is 0 Å². The van der Waals surface area contributed by atoms with Crippen LogP contribution in [-0.4, -0.2) is 13.1 Å². The Hall–Kier alpha value is -2.54. The van der Waals surface area contributed by atoms with Gasteiger partial charge in [0.15, 0.2) is 0 Å². The van der Waals surface area contributed by atoms with E-state index >= 15 is 0 Å². The summed E-state index contributed by atoms with van der Waals surface area (Å²) < 4.78 is 0. The van der Waals surface area contributed by atoms with Crippen molar-refractivity contribution in [3.8, 4) is 0 Å². The summed E-state index contributed by atoms with van der Waals surface area (Å²) in [6.45, 7) is 2.28. The molecule has 1 nitrogen and oxygen atoms in total. The van der Waals surface area contributed by atoms with E-state index < -0.39 is 0 Å². The summed E-state index contributed by atoms with van der Waals surface area (Å²) in [6, 6.07) is 32.6. The first-order valence-corrected chi connectivity index (χ1v) is 10.3. The van der Waals surface area contributed by atoms with E-state index in [9.17, 15) is 0 Å². The van der Waals surface area contributed by atoms with Crippen LogP contribution in [0.4, 0.5) is 5.69 Å². The van der Waals surface area contributed by atoms with Gasteiger partial charge >= 0.3 is 0 Å². The fourth-order valence-electron chi connectivity index (χ4n) is 3.56. The van der Waals surface area contributed by atoms with Gasteiger partial charge in [-0.15, -0.1) is 0 Å². The SMILES string of the molecule is c1ccc(CCCCN(CCCCc2ccccc2)c2ccccc2)cc1. The van der Waals surface area contributed by atoms with E-state index in [-0.39, 0.29) is 0 Å². The minimum absolute atomic E-state index is 1.14. The highest BCUT2D eigenvalue weighted by Crippen LogP contribution is 2.16. The molecule has 0 aliphatic carbocycles. The first-order chi connectivity index (χ1) is 13.4. The zero-order valence-electron chi connectivity index (χ0n) is 16.3. The maximum Gasteiger partial charge on any atom is 0.0366 e. The fraction of sp³-hybridized carbons (Fsp3) is 0.308. The normalized spacial score (nSPS) is 10.7. The van der Waals surface area contributed by atoms with E-state index in [0.29, 0.717) is 0 Å². The number of benzene rings is 3. The van der Waals surface area contributed by atoms with Gasteiger partial charge in [-0.1, -0.05) is 78.9 Å². The number of nitrogens with zero attached hydrogens (tertiary/aromatic N) is 1. The molecule has 3 rings (SSSR count). The number of para-hydroxylation sites is 1. The Bertz CT molecular complexity index is 689. The summed E-state index contributed by atoms with van der Waals surface area (Å²) in [5.74, 6) is 0. The molecule has 27 heavy (non-hydrogen) atoms. The van der Waals surface area contributed by atoms with Crippen LogP contribution in [0.1, 0.15) is 36.8 Å². The molecule has 0 saturated heterocycles. The van der Waals surface area contributed by atoms with Crippen LogP contribution < -0.4 is 4.90 Å². The van der Waals surface area contributed by atoms with Gasteiger partial charge < -0.3 is 4.90 Å². The van der Waals surface area contributed by atoms with E-state index in [0.717, 1.165) is 13.1 Å². The number of rotatable bonds is 11. The predicted octanol–water partition coefficient (Wildman–Crippen LogP) is 6.54. The maximum atomic E-state index is 2.57. The van der Waals surface area contributed by atoms with Crippen LogP contribution in [0.15, 0.2) is 91.0 Å². The van der Waals surface area contributed by atoms with E-state index in [1.807, 2.05) is 0 Å². The van der Waals surface area contributed by atoms with Crippen LogP contribution in [0, 0.1) is 0 Å². The van der Waals surface area contributed by atoms with Crippen LogP contribution in [0.2, 0.25) is 0 Å². The molecular formula is C26H31N. The lowest BCUT2D eigenvalue weighted by Gasteiger charge is -2.25. The molecule has 0 aromatic heterocycles. The zero-order chi connectivity index (χ0) is 18.6. The lowest BCUT2D eigenvalue weighted by molar-refractivity contribution is 0.646. The fourth-order valence-corrected chi connectivity index (χ4v) is 3.56. The second-order valence-corrected chi connectivity index (χ2v) is 7.21. The summed E-state index contributed by atoms with van der Waals surface area (Å²) in [5, 5.41) is 0. The average molecular weight is 358 g/mol. The molecule has 0 radical (unpaired) electrons. The average Bonchev–Trinajstić information content (AvgIpc) is 2.75. The number of aryl methyl sites for hydroxylation is 2. The van der Waals surface area contributed by atoms with Crippen molar-refractivity contribution < 1.29 is 0 Å². The lowest BCUT2D eigenvalue weighted by atomic mass is 10.1. The van der Waals surface area contributed by atoms with Crippen LogP contribution in [0.3, 0.4) is 0 Å². The molecule has 0 unspecified atom stereocenters. The third kappa shape index (κ3) is 6.94. The van der Waals surface area contributed by atoms with Gasteiger partial charge in [-0.05, 0) is 61.8 Å². The summed E-state index contributed by atoms with van der Waals surface area (Å²) in [6.07, 6.45) is 7.33. The number of hydrogen-bond donors (Lipinski definition) is 0. The van der Waals surface area contributed by atoms with Gasteiger partial charge in [0.1, 0.15) is 0 Å². The van der Waals surface area contributed by atoms with E-state index in [2.05, 4.69) is 95.9 Å². The Kier molecular flexibility index (Phi) is 8.00. The zero-order valence-corrected chi connectivity index (χ0v) is 16.3. The quantitative estimate of drug-likeness (QED) is 0.352. The van der Waals surface area contributed by atoms with Crippen molar-refractivity contribution in [3.63, 3.8) is 0 Å². The molecule has 3 aromatic carbocycles. The molecule has 0 heterocycles. The molecular weight excluding hydrogens is 326 g/mol. The summed E-state index contributed by atoms with van der Waals surface area (Å²) in [5.41, 5.74) is 4.26. The Morgan fingerprint density at radius 1 is 0.444 bits per heavy atom. The Morgan fingerprint density at radius 2 is 0.852 bits per heavy atom. The molecule has 0 spiro atoms. The van der Waals surface area contributed by atoms with Gasteiger partial charge in [-0.25, -0.2) is 0 Å². The van der Waals surface area contributed by atoms with Crippen molar-refractivity contribution in [1.29, 1.82) is 0 Å². The highest BCUT2D eigenvalue weighted by Gasteiger charge is 2.06. The summed E-state index contributed by atoms with van der Waals surface area (Å²) in [4.78, 5) is 2.57. The molecule has 0 atom stereocenters. The molecule has 0 bridgehead atoms. The third-order valence-electron chi connectivity index (χ3n) is 5.09. The van der Waals surface area contributed by atoms with Crippen LogP contribution in [0.25, 0.3) is 0 Å². The van der Waals surface area contributed by atoms with Crippen LogP contribution in [0.5, 0.6) is 0 Å².